The van der Waals surface area contributed by atoms with Gasteiger partial charge in [0.05, 0.1) is 22.5 Å². The lowest BCUT2D eigenvalue weighted by molar-refractivity contribution is -0.121. The molecule has 0 aliphatic heterocycles. The molecule has 0 bridgehead atoms. The van der Waals surface area contributed by atoms with Crippen LogP contribution in [0.1, 0.15) is 22.0 Å². The lowest BCUT2D eigenvalue weighted by Crippen LogP contribution is -2.18. The summed E-state index contributed by atoms with van der Waals surface area (Å²) in [7, 11) is 0. The van der Waals surface area contributed by atoms with Gasteiger partial charge in [-0.3, -0.25) is 10.1 Å². The molecule has 5 rings (SSSR count). The van der Waals surface area contributed by atoms with Gasteiger partial charge in [-0.25, -0.2) is 9.97 Å². The van der Waals surface area contributed by atoms with Gasteiger partial charge < -0.3 is 9.30 Å². The van der Waals surface area contributed by atoms with Gasteiger partial charge in [0.25, 0.3) is 5.91 Å². The molecule has 0 aliphatic rings. The number of hydrogen-bond donors (Lipinski definition) is 1. The number of carbonyl (C=O) groups excluding carboxylic acids is 1. The molecule has 172 valence electrons. The summed E-state index contributed by atoms with van der Waals surface area (Å²) < 4.78 is 8.92. The van der Waals surface area contributed by atoms with E-state index in [1.165, 1.54) is 16.9 Å². The predicted octanol–water partition coefficient (Wildman–Crippen LogP) is 6.29. The lowest BCUT2D eigenvalue weighted by Gasteiger charge is -2.10. The first-order chi connectivity index (χ1) is 16.5. The van der Waals surface area contributed by atoms with E-state index in [4.69, 9.17) is 4.74 Å². The summed E-state index contributed by atoms with van der Waals surface area (Å²) in [5, 5.41) is 6.23. The fourth-order valence-electron chi connectivity index (χ4n) is 3.94. The number of rotatable bonds is 7. The smallest absolute Gasteiger partial charge is 0.252 e. The molecule has 1 amide bonds. The average Bonchev–Trinajstić information content (AvgIpc) is 3.52. The van der Waals surface area contributed by atoms with Crippen molar-refractivity contribution in [1.82, 2.24) is 14.5 Å². The van der Waals surface area contributed by atoms with Crippen molar-refractivity contribution in [3.05, 3.63) is 81.9 Å². The normalized spacial score (nSPS) is 11.3. The Hall–Kier alpha value is -3.33. The molecular formula is C26H24N4O2S2. The predicted molar refractivity (Wildman–Crippen MR) is 139 cm³/mol. The van der Waals surface area contributed by atoms with Crippen LogP contribution in [-0.4, -0.2) is 27.0 Å². The minimum absolute atomic E-state index is 0.0488. The number of aryl methyl sites for hydroxylation is 2. The molecule has 5 aromatic rings. The fraction of sp³-hybridized carbons (Fsp3) is 0.192. The van der Waals surface area contributed by atoms with E-state index in [0.717, 1.165) is 43.6 Å². The molecule has 0 unspecified atom stereocenters. The minimum atomic E-state index is -0.230. The lowest BCUT2D eigenvalue weighted by atomic mass is 10.2. The van der Waals surface area contributed by atoms with E-state index in [9.17, 15) is 4.79 Å². The third-order valence-electron chi connectivity index (χ3n) is 5.55. The topological polar surface area (TPSA) is 69.0 Å². The van der Waals surface area contributed by atoms with Gasteiger partial charge in [-0.2, -0.15) is 0 Å². The molecule has 0 atom stereocenters. The van der Waals surface area contributed by atoms with Crippen molar-refractivity contribution in [2.24, 2.45) is 0 Å². The van der Waals surface area contributed by atoms with Gasteiger partial charge in [-0.1, -0.05) is 29.8 Å². The van der Waals surface area contributed by atoms with Crippen LogP contribution in [0, 0.1) is 20.8 Å². The Bertz CT molecular complexity index is 1430. The standard InChI is InChI=1S/C26H24N4O2S2/c1-16-8-10-19(11-9-16)30-17(2)12-20(18(30)3)22-15-33-26(28-22)29-24(31)13-32-14-25-27-21-6-4-5-7-23(21)34-25/h4-12,15H,13-14H2,1-3H3,(H,28,29,31). The maximum absolute atomic E-state index is 12.4. The van der Waals surface area contributed by atoms with E-state index in [1.807, 2.05) is 29.6 Å². The third-order valence-corrected chi connectivity index (χ3v) is 7.31. The van der Waals surface area contributed by atoms with Crippen LogP contribution >= 0.6 is 22.7 Å². The van der Waals surface area contributed by atoms with Crippen molar-refractivity contribution in [2.45, 2.75) is 27.4 Å². The largest absolute Gasteiger partial charge is 0.364 e. The number of carbonyl (C=O) groups is 1. The molecule has 6 nitrogen and oxygen atoms in total. The van der Waals surface area contributed by atoms with Gasteiger partial charge in [0, 0.05) is 28.0 Å². The molecule has 0 spiro atoms. The Balaban J connectivity index is 1.22. The number of anilines is 1. The second kappa shape index (κ2) is 9.50. The highest BCUT2D eigenvalue weighted by Gasteiger charge is 2.16. The zero-order valence-electron chi connectivity index (χ0n) is 19.2. The first-order valence-electron chi connectivity index (χ1n) is 10.9. The van der Waals surface area contributed by atoms with Crippen LogP contribution in [0.5, 0.6) is 0 Å². The molecule has 0 saturated carbocycles. The molecule has 3 aromatic heterocycles. The molecule has 34 heavy (non-hydrogen) atoms. The average molecular weight is 489 g/mol. The maximum Gasteiger partial charge on any atom is 0.252 e. The van der Waals surface area contributed by atoms with Crippen molar-refractivity contribution >= 4 is 43.9 Å². The summed E-state index contributed by atoms with van der Waals surface area (Å²) in [5.74, 6) is -0.230. The first kappa shape index (κ1) is 22.5. The van der Waals surface area contributed by atoms with Gasteiger partial charge in [-0.15, -0.1) is 22.7 Å². The van der Waals surface area contributed by atoms with E-state index < -0.39 is 0 Å². The van der Waals surface area contributed by atoms with Crippen molar-refractivity contribution in [2.75, 3.05) is 11.9 Å². The van der Waals surface area contributed by atoms with Gasteiger partial charge in [0.15, 0.2) is 5.13 Å². The Morgan fingerprint density at radius 1 is 1.06 bits per heavy atom. The van der Waals surface area contributed by atoms with Crippen molar-refractivity contribution in [3.8, 4) is 16.9 Å². The summed E-state index contributed by atoms with van der Waals surface area (Å²) in [6.07, 6.45) is 0. The van der Waals surface area contributed by atoms with Crippen LogP contribution in [0.2, 0.25) is 0 Å². The van der Waals surface area contributed by atoms with Crippen LogP contribution < -0.4 is 5.32 Å². The zero-order chi connectivity index (χ0) is 23.7. The number of ether oxygens (including phenoxy) is 1. The molecule has 0 radical (unpaired) electrons. The minimum Gasteiger partial charge on any atom is -0.364 e. The molecule has 0 fully saturated rings. The van der Waals surface area contributed by atoms with Gasteiger partial charge in [0.2, 0.25) is 0 Å². The number of aromatic nitrogens is 3. The summed E-state index contributed by atoms with van der Waals surface area (Å²) in [6.45, 7) is 6.53. The van der Waals surface area contributed by atoms with Gasteiger partial charge in [-0.05, 0) is 51.1 Å². The van der Waals surface area contributed by atoms with Crippen LogP contribution in [-0.2, 0) is 16.1 Å². The van der Waals surface area contributed by atoms with E-state index in [2.05, 4.69) is 71.0 Å². The molecule has 1 N–H and O–H groups in total. The van der Waals surface area contributed by atoms with Crippen LogP contribution in [0.3, 0.4) is 0 Å². The quantitative estimate of drug-likeness (QED) is 0.292. The number of thiazole rings is 2. The van der Waals surface area contributed by atoms with Gasteiger partial charge in [0.1, 0.15) is 11.6 Å². The van der Waals surface area contributed by atoms with Gasteiger partial charge >= 0.3 is 0 Å². The maximum atomic E-state index is 12.4. The number of nitrogens with one attached hydrogen (secondary N) is 1. The Morgan fingerprint density at radius 2 is 1.85 bits per heavy atom. The Morgan fingerprint density at radius 3 is 2.65 bits per heavy atom. The van der Waals surface area contributed by atoms with Crippen molar-refractivity contribution in [1.29, 1.82) is 0 Å². The van der Waals surface area contributed by atoms with Crippen LogP contribution in [0.4, 0.5) is 5.13 Å². The Labute approximate surface area is 205 Å². The highest BCUT2D eigenvalue weighted by atomic mass is 32.1. The number of hydrogen-bond acceptors (Lipinski definition) is 6. The van der Waals surface area contributed by atoms with E-state index in [0.29, 0.717) is 11.7 Å². The molecule has 0 saturated heterocycles. The summed E-state index contributed by atoms with van der Waals surface area (Å²) in [5.41, 5.74) is 7.47. The second-order valence-electron chi connectivity index (χ2n) is 8.11. The number of benzene rings is 2. The number of para-hydroxylation sites is 1. The van der Waals surface area contributed by atoms with E-state index in [-0.39, 0.29) is 12.5 Å². The van der Waals surface area contributed by atoms with Crippen molar-refractivity contribution < 1.29 is 9.53 Å². The number of nitrogens with zero attached hydrogens (tertiary/aromatic N) is 3. The zero-order valence-corrected chi connectivity index (χ0v) is 20.8. The van der Waals surface area contributed by atoms with Crippen molar-refractivity contribution in [3.63, 3.8) is 0 Å². The number of amides is 1. The molecule has 0 aliphatic carbocycles. The Kier molecular flexibility index (Phi) is 6.28. The molecule has 8 heteroatoms. The molecular weight excluding hydrogens is 464 g/mol. The van der Waals surface area contributed by atoms with Crippen LogP contribution in [0.25, 0.3) is 27.2 Å². The fourth-order valence-corrected chi connectivity index (χ4v) is 5.57. The SMILES string of the molecule is Cc1ccc(-n2c(C)cc(-c3csc(NC(=O)COCc4nc5ccccc5s4)n3)c2C)cc1. The van der Waals surface area contributed by atoms with E-state index in [1.54, 1.807) is 11.3 Å². The summed E-state index contributed by atoms with van der Waals surface area (Å²) >= 11 is 2.99. The molecule has 3 heterocycles. The monoisotopic (exact) mass is 488 g/mol. The third kappa shape index (κ3) is 4.65. The highest BCUT2D eigenvalue weighted by Crippen LogP contribution is 2.31. The van der Waals surface area contributed by atoms with E-state index >= 15 is 0 Å². The number of fused-ring (bicyclic) bond motifs is 1. The summed E-state index contributed by atoms with van der Waals surface area (Å²) in [4.78, 5) is 21.5. The molecule has 2 aromatic carbocycles. The summed E-state index contributed by atoms with van der Waals surface area (Å²) in [6, 6.07) is 18.6. The first-order valence-corrected chi connectivity index (χ1v) is 12.6. The second-order valence-corrected chi connectivity index (χ2v) is 10.1. The van der Waals surface area contributed by atoms with Crippen LogP contribution in [0.15, 0.2) is 60.0 Å². The highest BCUT2D eigenvalue weighted by molar-refractivity contribution is 7.18.